The summed E-state index contributed by atoms with van der Waals surface area (Å²) < 4.78 is 11.3. The molecule has 1 heterocycles. The highest BCUT2D eigenvalue weighted by atomic mass is 16.5. The van der Waals surface area contributed by atoms with Gasteiger partial charge in [-0.25, -0.2) is 0 Å². The molecule has 0 radical (unpaired) electrons. The van der Waals surface area contributed by atoms with Crippen LogP contribution in [0.5, 0.6) is 5.75 Å². The van der Waals surface area contributed by atoms with Crippen LogP contribution in [0.4, 0.5) is 0 Å². The van der Waals surface area contributed by atoms with Gasteiger partial charge in [0.1, 0.15) is 12.3 Å². The molecule has 0 amide bonds. The SMILES string of the molecule is COc1ccc(C[NH2+]C[C@H](CO)[C@]2(c3ccccc3)CCOC(C)(C)C2)cc1. The van der Waals surface area contributed by atoms with Gasteiger partial charge in [-0.3, -0.25) is 0 Å². The number of quaternary nitrogens is 1. The molecule has 152 valence electrons. The number of benzene rings is 2. The zero-order chi connectivity index (χ0) is 20.0. The second-order valence-corrected chi connectivity index (χ2v) is 8.51. The molecule has 4 nitrogen and oxygen atoms in total. The molecule has 0 unspecified atom stereocenters. The van der Waals surface area contributed by atoms with Crippen molar-refractivity contribution in [3.63, 3.8) is 0 Å². The molecular weight excluding hydrogens is 350 g/mol. The maximum Gasteiger partial charge on any atom is 0.118 e. The Labute approximate surface area is 168 Å². The molecule has 4 heteroatoms. The first kappa shape index (κ1) is 20.8. The number of aliphatic hydroxyl groups excluding tert-OH is 1. The van der Waals surface area contributed by atoms with Crippen molar-refractivity contribution in [1.82, 2.24) is 0 Å². The zero-order valence-corrected chi connectivity index (χ0v) is 17.4. The fraction of sp³-hybridized carbons (Fsp3) is 0.500. The van der Waals surface area contributed by atoms with Gasteiger partial charge in [-0.15, -0.1) is 0 Å². The van der Waals surface area contributed by atoms with Gasteiger partial charge in [0.15, 0.2) is 0 Å². The lowest BCUT2D eigenvalue weighted by Crippen LogP contribution is -2.85. The number of hydrogen-bond donors (Lipinski definition) is 2. The summed E-state index contributed by atoms with van der Waals surface area (Å²) >= 11 is 0. The minimum absolute atomic E-state index is 0.0613. The summed E-state index contributed by atoms with van der Waals surface area (Å²) in [6.07, 6.45) is 1.87. The molecule has 0 spiro atoms. The molecule has 2 aromatic carbocycles. The molecule has 1 aliphatic heterocycles. The summed E-state index contributed by atoms with van der Waals surface area (Å²) in [5.74, 6) is 1.06. The maximum atomic E-state index is 10.4. The van der Waals surface area contributed by atoms with E-state index >= 15 is 0 Å². The minimum Gasteiger partial charge on any atom is -0.497 e. The Morgan fingerprint density at radius 2 is 1.82 bits per heavy atom. The lowest BCUT2D eigenvalue weighted by atomic mass is 9.62. The van der Waals surface area contributed by atoms with Gasteiger partial charge < -0.3 is 19.9 Å². The molecule has 1 fully saturated rings. The topological polar surface area (TPSA) is 55.3 Å². The fourth-order valence-corrected chi connectivity index (χ4v) is 4.70. The average molecular weight is 385 g/mol. The van der Waals surface area contributed by atoms with E-state index in [1.807, 2.05) is 12.1 Å². The molecular formula is C24H34NO3+. The normalized spacial score (nSPS) is 22.6. The molecule has 0 aliphatic carbocycles. The summed E-state index contributed by atoms with van der Waals surface area (Å²) in [5, 5.41) is 12.7. The van der Waals surface area contributed by atoms with Gasteiger partial charge in [0.2, 0.25) is 0 Å². The van der Waals surface area contributed by atoms with Gasteiger partial charge in [-0.2, -0.15) is 0 Å². The number of hydrogen-bond acceptors (Lipinski definition) is 3. The van der Waals surface area contributed by atoms with E-state index < -0.39 is 0 Å². The van der Waals surface area contributed by atoms with Crippen molar-refractivity contribution in [2.24, 2.45) is 5.92 Å². The number of rotatable bonds is 8. The highest BCUT2D eigenvalue weighted by Gasteiger charge is 2.47. The Balaban J connectivity index is 1.75. The van der Waals surface area contributed by atoms with Crippen LogP contribution in [-0.4, -0.2) is 37.6 Å². The van der Waals surface area contributed by atoms with Gasteiger partial charge in [-0.1, -0.05) is 30.3 Å². The van der Waals surface area contributed by atoms with Crippen molar-refractivity contribution >= 4 is 0 Å². The lowest BCUT2D eigenvalue weighted by molar-refractivity contribution is -0.677. The van der Waals surface area contributed by atoms with Crippen LogP contribution >= 0.6 is 0 Å². The number of methoxy groups -OCH3 is 1. The van der Waals surface area contributed by atoms with Crippen molar-refractivity contribution in [1.29, 1.82) is 0 Å². The van der Waals surface area contributed by atoms with Crippen molar-refractivity contribution in [3.05, 3.63) is 65.7 Å². The number of aliphatic hydroxyl groups is 1. The third-order valence-corrected chi connectivity index (χ3v) is 6.12. The average Bonchev–Trinajstić information content (AvgIpc) is 2.71. The van der Waals surface area contributed by atoms with E-state index in [2.05, 4.69) is 61.6 Å². The van der Waals surface area contributed by atoms with Gasteiger partial charge in [0.25, 0.3) is 0 Å². The van der Waals surface area contributed by atoms with Crippen LogP contribution in [0.1, 0.15) is 37.8 Å². The zero-order valence-electron chi connectivity index (χ0n) is 17.4. The molecule has 28 heavy (non-hydrogen) atoms. The van der Waals surface area contributed by atoms with Crippen LogP contribution in [0.2, 0.25) is 0 Å². The molecule has 1 aliphatic rings. The third kappa shape index (κ3) is 4.75. The fourth-order valence-electron chi connectivity index (χ4n) is 4.70. The van der Waals surface area contributed by atoms with Crippen LogP contribution in [0.25, 0.3) is 0 Å². The monoisotopic (exact) mass is 384 g/mol. The molecule has 3 rings (SSSR count). The summed E-state index contributed by atoms with van der Waals surface area (Å²) in [6.45, 7) is 7.03. The maximum absolute atomic E-state index is 10.4. The van der Waals surface area contributed by atoms with Crippen LogP contribution in [0.15, 0.2) is 54.6 Å². The van der Waals surface area contributed by atoms with E-state index in [9.17, 15) is 5.11 Å². The first-order valence-electron chi connectivity index (χ1n) is 10.2. The smallest absolute Gasteiger partial charge is 0.118 e. The van der Waals surface area contributed by atoms with Crippen molar-refractivity contribution < 1.29 is 19.9 Å². The van der Waals surface area contributed by atoms with E-state index in [0.29, 0.717) is 0 Å². The molecule has 0 aromatic heterocycles. The first-order valence-corrected chi connectivity index (χ1v) is 10.2. The van der Waals surface area contributed by atoms with E-state index in [0.717, 1.165) is 38.3 Å². The third-order valence-electron chi connectivity index (χ3n) is 6.12. The molecule has 2 atom stereocenters. The lowest BCUT2D eigenvalue weighted by Gasteiger charge is -2.48. The molecule has 1 saturated heterocycles. The number of nitrogens with two attached hydrogens (primary N) is 1. The van der Waals surface area contributed by atoms with Gasteiger partial charge in [0.05, 0.1) is 25.9 Å². The van der Waals surface area contributed by atoms with E-state index in [1.54, 1.807) is 7.11 Å². The van der Waals surface area contributed by atoms with E-state index in [1.165, 1.54) is 11.1 Å². The Bertz CT molecular complexity index is 729. The Kier molecular flexibility index (Phi) is 6.76. The quantitative estimate of drug-likeness (QED) is 0.736. The van der Waals surface area contributed by atoms with Crippen LogP contribution in [0, 0.1) is 5.92 Å². The number of ether oxygens (including phenoxy) is 2. The largest absolute Gasteiger partial charge is 0.497 e. The summed E-state index contributed by atoms with van der Waals surface area (Å²) in [7, 11) is 1.69. The minimum atomic E-state index is -0.183. The Morgan fingerprint density at radius 3 is 2.43 bits per heavy atom. The van der Waals surface area contributed by atoms with E-state index in [-0.39, 0.29) is 23.5 Å². The molecule has 2 aromatic rings. The molecule has 3 N–H and O–H groups in total. The second kappa shape index (κ2) is 9.08. The summed E-state index contributed by atoms with van der Waals surface area (Å²) in [4.78, 5) is 0. The highest BCUT2D eigenvalue weighted by Crippen LogP contribution is 2.46. The molecule has 0 bridgehead atoms. The van der Waals surface area contributed by atoms with Crippen molar-refractivity contribution in [2.75, 3.05) is 26.9 Å². The van der Waals surface area contributed by atoms with Crippen molar-refractivity contribution in [3.8, 4) is 5.75 Å². The summed E-state index contributed by atoms with van der Waals surface area (Å²) in [6, 6.07) is 18.9. The van der Waals surface area contributed by atoms with Gasteiger partial charge in [-0.05, 0) is 56.5 Å². The summed E-state index contributed by atoms with van der Waals surface area (Å²) in [5.41, 5.74) is 2.34. The molecule has 0 saturated carbocycles. The van der Waals surface area contributed by atoms with Gasteiger partial charge in [0, 0.05) is 23.5 Å². The highest BCUT2D eigenvalue weighted by molar-refractivity contribution is 5.29. The van der Waals surface area contributed by atoms with Crippen molar-refractivity contribution in [2.45, 2.75) is 44.2 Å². The predicted octanol–water partition coefficient (Wildman–Crippen LogP) is 2.89. The van der Waals surface area contributed by atoms with E-state index in [4.69, 9.17) is 9.47 Å². The van der Waals surface area contributed by atoms with Crippen LogP contribution in [-0.2, 0) is 16.7 Å². The predicted molar refractivity (Wildman–Crippen MR) is 111 cm³/mol. The Hall–Kier alpha value is -1.88. The second-order valence-electron chi connectivity index (χ2n) is 8.51. The van der Waals surface area contributed by atoms with Crippen LogP contribution in [0.3, 0.4) is 0 Å². The standard InChI is InChI=1S/C24H33NO3/c1-23(2)18-24(13-14-28-23,20-7-5-4-6-8-20)21(17-26)16-25-15-19-9-11-22(27-3)12-10-19/h4-12,21,25-26H,13-18H2,1-3H3/p+1/t21-,24-/m1/s1. The van der Waals surface area contributed by atoms with Crippen LogP contribution < -0.4 is 10.1 Å². The van der Waals surface area contributed by atoms with Gasteiger partial charge >= 0.3 is 0 Å². The Morgan fingerprint density at radius 1 is 1.11 bits per heavy atom. The first-order chi connectivity index (χ1) is 13.5.